The number of carboxylic acid groups (broad SMARTS) is 1. The molecule has 0 unspecified atom stereocenters. The van der Waals surface area contributed by atoms with Crippen molar-refractivity contribution in [3.63, 3.8) is 0 Å². The topological polar surface area (TPSA) is 84.9 Å². The van der Waals surface area contributed by atoms with Crippen molar-refractivity contribution in [1.82, 2.24) is 5.32 Å². The van der Waals surface area contributed by atoms with E-state index in [0.29, 0.717) is 0 Å². The first kappa shape index (κ1) is 20.0. The highest BCUT2D eigenvalue weighted by Gasteiger charge is 2.37. The van der Waals surface area contributed by atoms with Gasteiger partial charge in [-0.25, -0.2) is 4.79 Å². The molecule has 0 aliphatic rings. The van der Waals surface area contributed by atoms with Gasteiger partial charge in [-0.2, -0.15) is 0 Å². The van der Waals surface area contributed by atoms with Crippen LogP contribution in [-0.4, -0.2) is 46.8 Å². The first-order chi connectivity index (χ1) is 10.8. The third kappa shape index (κ3) is 6.93. The van der Waals surface area contributed by atoms with Gasteiger partial charge in [0.2, 0.25) is 0 Å². The summed E-state index contributed by atoms with van der Waals surface area (Å²) in [7, 11) is 1.40. The standard InChI is InChI=1S/C14H16Cl3NO5/c1-22-8-23-10(7-9-5-3-2-4-6-9)11(12(19)20)18-13(21)14(15,16)17/h2-6,10-11H,7-8H2,1H3,(H,18,21)(H,19,20)/t10-,11-/m0/s1. The maximum Gasteiger partial charge on any atom is 0.328 e. The Labute approximate surface area is 148 Å². The zero-order valence-corrected chi connectivity index (χ0v) is 14.4. The summed E-state index contributed by atoms with van der Waals surface area (Å²) >= 11 is 16.4. The van der Waals surface area contributed by atoms with Crippen molar-refractivity contribution < 1.29 is 24.2 Å². The molecule has 1 amide bonds. The summed E-state index contributed by atoms with van der Waals surface area (Å²) in [6.07, 6.45) is -0.687. The molecule has 0 saturated carbocycles. The van der Waals surface area contributed by atoms with Crippen LogP contribution < -0.4 is 5.32 Å². The molecule has 0 heterocycles. The summed E-state index contributed by atoms with van der Waals surface area (Å²) in [6, 6.07) is 7.64. The molecule has 2 atom stereocenters. The molecule has 1 aromatic carbocycles. The summed E-state index contributed by atoms with van der Waals surface area (Å²) in [5.41, 5.74) is 0.822. The molecule has 1 aromatic rings. The summed E-state index contributed by atoms with van der Waals surface area (Å²) < 4.78 is 7.92. The van der Waals surface area contributed by atoms with Gasteiger partial charge in [0.25, 0.3) is 9.70 Å². The fourth-order valence-corrected chi connectivity index (χ4v) is 1.98. The molecule has 128 valence electrons. The van der Waals surface area contributed by atoms with Crippen molar-refractivity contribution in [2.75, 3.05) is 13.9 Å². The Balaban J connectivity index is 2.94. The van der Waals surface area contributed by atoms with Crippen LogP contribution in [-0.2, 0) is 25.5 Å². The lowest BCUT2D eigenvalue weighted by atomic mass is 10.0. The van der Waals surface area contributed by atoms with Crippen molar-refractivity contribution in [3.05, 3.63) is 35.9 Å². The number of carboxylic acids is 1. The van der Waals surface area contributed by atoms with E-state index in [9.17, 15) is 14.7 Å². The second kappa shape index (κ2) is 9.30. The lowest BCUT2D eigenvalue weighted by Crippen LogP contribution is -2.53. The lowest BCUT2D eigenvalue weighted by molar-refractivity contribution is -0.150. The number of nitrogens with one attached hydrogen (secondary N) is 1. The van der Waals surface area contributed by atoms with E-state index in [1.807, 2.05) is 6.07 Å². The van der Waals surface area contributed by atoms with E-state index in [0.717, 1.165) is 5.56 Å². The molecule has 0 aromatic heterocycles. The van der Waals surface area contributed by atoms with Gasteiger partial charge in [0, 0.05) is 13.5 Å². The molecule has 1 rings (SSSR count). The smallest absolute Gasteiger partial charge is 0.328 e. The third-order valence-corrected chi connectivity index (χ3v) is 3.38. The van der Waals surface area contributed by atoms with Crippen molar-refractivity contribution >= 4 is 46.7 Å². The van der Waals surface area contributed by atoms with E-state index in [1.165, 1.54) is 7.11 Å². The van der Waals surface area contributed by atoms with E-state index in [-0.39, 0.29) is 13.2 Å². The van der Waals surface area contributed by atoms with E-state index in [2.05, 4.69) is 5.32 Å². The minimum atomic E-state index is -2.27. The molecule has 0 bridgehead atoms. The van der Waals surface area contributed by atoms with Crippen LogP contribution in [0.2, 0.25) is 0 Å². The number of amides is 1. The van der Waals surface area contributed by atoms with Gasteiger partial charge in [-0.05, 0) is 5.56 Å². The number of benzene rings is 1. The zero-order valence-electron chi connectivity index (χ0n) is 12.2. The van der Waals surface area contributed by atoms with Gasteiger partial charge in [0.1, 0.15) is 6.79 Å². The van der Waals surface area contributed by atoms with Crippen molar-refractivity contribution in [3.8, 4) is 0 Å². The fraction of sp³-hybridized carbons (Fsp3) is 0.429. The van der Waals surface area contributed by atoms with E-state index < -0.39 is 27.8 Å². The number of hydrogen-bond acceptors (Lipinski definition) is 4. The maximum atomic E-state index is 11.8. The minimum absolute atomic E-state index is 0.148. The SMILES string of the molecule is COCO[C@@H](Cc1ccccc1)[C@H](NC(=O)C(Cl)(Cl)Cl)C(=O)O. The number of carbonyl (C=O) groups is 2. The minimum Gasteiger partial charge on any atom is -0.480 e. The second-order valence-corrected chi connectivity index (χ2v) is 6.87. The number of rotatable bonds is 8. The summed E-state index contributed by atoms with van der Waals surface area (Å²) in [4.78, 5) is 23.2. The molecule has 6 nitrogen and oxygen atoms in total. The Kier molecular flexibility index (Phi) is 8.08. The van der Waals surface area contributed by atoms with E-state index >= 15 is 0 Å². The Hall–Kier alpha value is -1.05. The second-order valence-electron chi connectivity index (χ2n) is 4.59. The van der Waals surface area contributed by atoms with Crippen LogP contribution in [0.3, 0.4) is 0 Å². The van der Waals surface area contributed by atoms with Gasteiger partial charge >= 0.3 is 5.97 Å². The monoisotopic (exact) mass is 383 g/mol. The molecule has 0 aliphatic heterocycles. The van der Waals surface area contributed by atoms with Gasteiger partial charge in [0.15, 0.2) is 6.04 Å². The molecule has 9 heteroatoms. The van der Waals surface area contributed by atoms with Crippen LogP contribution in [0.4, 0.5) is 0 Å². The van der Waals surface area contributed by atoms with Crippen molar-refractivity contribution in [2.45, 2.75) is 22.4 Å². The van der Waals surface area contributed by atoms with Crippen LogP contribution in [0, 0.1) is 0 Å². The molecule has 0 aliphatic carbocycles. The van der Waals surface area contributed by atoms with Crippen LogP contribution in [0.25, 0.3) is 0 Å². The predicted molar refractivity (Wildman–Crippen MR) is 86.8 cm³/mol. The van der Waals surface area contributed by atoms with E-state index in [4.69, 9.17) is 44.3 Å². The molecule has 2 N–H and O–H groups in total. The largest absolute Gasteiger partial charge is 0.480 e. The Morgan fingerprint density at radius 2 is 1.87 bits per heavy atom. The van der Waals surface area contributed by atoms with Crippen LogP contribution in [0.1, 0.15) is 5.56 Å². The molecule has 0 fully saturated rings. The molecule has 0 spiro atoms. The first-order valence-corrected chi connectivity index (χ1v) is 7.64. The summed E-state index contributed by atoms with van der Waals surface area (Å²) in [6.45, 7) is -0.148. The van der Waals surface area contributed by atoms with Crippen LogP contribution >= 0.6 is 34.8 Å². The quantitative estimate of drug-likeness (QED) is 0.530. The number of aliphatic carboxylic acids is 1. The first-order valence-electron chi connectivity index (χ1n) is 6.50. The zero-order chi connectivity index (χ0) is 17.5. The Morgan fingerprint density at radius 1 is 1.26 bits per heavy atom. The number of ether oxygens (including phenoxy) is 2. The summed E-state index contributed by atoms with van der Waals surface area (Å²) in [5.74, 6) is -2.36. The van der Waals surface area contributed by atoms with Crippen molar-refractivity contribution in [1.29, 1.82) is 0 Å². The molecule has 0 radical (unpaired) electrons. The number of methoxy groups -OCH3 is 1. The van der Waals surface area contributed by atoms with Gasteiger partial charge in [-0.3, -0.25) is 4.79 Å². The van der Waals surface area contributed by atoms with Gasteiger partial charge in [-0.1, -0.05) is 65.1 Å². The highest BCUT2D eigenvalue weighted by molar-refractivity contribution is 6.76. The van der Waals surface area contributed by atoms with Crippen molar-refractivity contribution in [2.24, 2.45) is 0 Å². The average Bonchev–Trinajstić information content (AvgIpc) is 2.48. The Bertz CT molecular complexity index is 521. The van der Waals surface area contributed by atoms with Crippen LogP contribution in [0.5, 0.6) is 0 Å². The van der Waals surface area contributed by atoms with Gasteiger partial charge in [0.05, 0.1) is 6.10 Å². The van der Waals surface area contributed by atoms with Gasteiger partial charge < -0.3 is 19.9 Å². The molecule has 23 heavy (non-hydrogen) atoms. The third-order valence-electron chi connectivity index (χ3n) is 2.86. The maximum absolute atomic E-state index is 11.8. The fourth-order valence-electron chi connectivity index (χ4n) is 1.81. The molecular weight excluding hydrogens is 369 g/mol. The summed E-state index contributed by atoms with van der Waals surface area (Å²) in [5, 5.41) is 11.5. The number of carbonyl (C=O) groups excluding carboxylic acids is 1. The predicted octanol–water partition coefficient (Wildman–Crippen LogP) is 2.16. The van der Waals surface area contributed by atoms with Gasteiger partial charge in [-0.15, -0.1) is 0 Å². The highest BCUT2D eigenvalue weighted by atomic mass is 35.6. The molecular formula is C14H16Cl3NO5. The van der Waals surface area contributed by atoms with Crippen LogP contribution in [0.15, 0.2) is 30.3 Å². The number of alkyl halides is 3. The highest BCUT2D eigenvalue weighted by Crippen LogP contribution is 2.26. The average molecular weight is 385 g/mol. The Morgan fingerprint density at radius 3 is 2.35 bits per heavy atom. The molecule has 0 saturated heterocycles. The van der Waals surface area contributed by atoms with E-state index in [1.54, 1.807) is 24.3 Å². The lowest BCUT2D eigenvalue weighted by Gasteiger charge is -2.26. The number of hydrogen-bond donors (Lipinski definition) is 2. The normalized spacial score (nSPS) is 14.1. The number of halogens is 3.